The Bertz CT molecular complexity index is 528. The minimum Gasteiger partial charge on any atom is -0.334 e. The molecule has 0 atom stereocenters. The average Bonchev–Trinajstić information content (AvgIpc) is 2.86. The van der Waals surface area contributed by atoms with Gasteiger partial charge in [0, 0.05) is 31.6 Å². The highest BCUT2D eigenvalue weighted by Gasteiger charge is 2.21. The highest BCUT2D eigenvalue weighted by molar-refractivity contribution is 5.58. The Hall–Kier alpha value is -1.75. The van der Waals surface area contributed by atoms with E-state index in [1.165, 1.54) is 0 Å². The zero-order valence-corrected chi connectivity index (χ0v) is 10.5. The topological polar surface area (TPSA) is 55.6 Å². The zero-order chi connectivity index (χ0) is 12.4. The number of rotatable bonds is 2. The molecule has 0 saturated carbocycles. The number of piperidine rings is 1. The van der Waals surface area contributed by atoms with Gasteiger partial charge in [0.1, 0.15) is 12.2 Å². The lowest BCUT2D eigenvalue weighted by molar-refractivity contribution is 0.453. The monoisotopic (exact) mass is 243 g/mol. The summed E-state index contributed by atoms with van der Waals surface area (Å²) in [6, 6.07) is 0. The van der Waals surface area contributed by atoms with Crippen molar-refractivity contribution in [2.45, 2.75) is 18.8 Å². The minimum absolute atomic E-state index is 0.515. The molecule has 3 heterocycles. The van der Waals surface area contributed by atoms with Gasteiger partial charge >= 0.3 is 0 Å². The van der Waals surface area contributed by atoms with E-state index in [0.29, 0.717) is 5.92 Å². The Labute approximate surface area is 106 Å². The first-order valence-corrected chi connectivity index (χ1v) is 6.34. The molecular weight excluding hydrogens is 226 g/mol. The van der Waals surface area contributed by atoms with E-state index < -0.39 is 0 Å². The van der Waals surface area contributed by atoms with E-state index in [4.69, 9.17) is 0 Å². The van der Waals surface area contributed by atoms with Crippen molar-refractivity contribution in [1.82, 2.24) is 24.8 Å². The van der Waals surface area contributed by atoms with Gasteiger partial charge in [0.25, 0.3) is 0 Å². The van der Waals surface area contributed by atoms with Crippen molar-refractivity contribution in [3.8, 4) is 11.4 Å². The van der Waals surface area contributed by atoms with Gasteiger partial charge in [0.2, 0.25) is 0 Å². The Morgan fingerprint density at radius 1 is 1.28 bits per heavy atom. The number of hydrogen-bond donors (Lipinski definition) is 1. The lowest BCUT2D eigenvalue weighted by Gasteiger charge is -2.23. The van der Waals surface area contributed by atoms with Crippen LogP contribution in [-0.4, -0.2) is 32.6 Å². The van der Waals surface area contributed by atoms with Crippen molar-refractivity contribution >= 4 is 0 Å². The number of imidazole rings is 1. The molecule has 0 aliphatic carbocycles. The van der Waals surface area contributed by atoms with Crippen LogP contribution in [0.3, 0.4) is 0 Å². The summed E-state index contributed by atoms with van der Waals surface area (Å²) in [5, 5.41) is 3.39. The van der Waals surface area contributed by atoms with E-state index in [-0.39, 0.29) is 0 Å². The van der Waals surface area contributed by atoms with Crippen LogP contribution in [0.4, 0.5) is 0 Å². The normalized spacial score (nSPS) is 16.9. The van der Waals surface area contributed by atoms with Gasteiger partial charge in [0.15, 0.2) is 0 Å². The summed E-state index contributed by atoms with van der Waals surface area (Å²) in [5.74, 6) is 1.46. The molecule has 0 unspecified atom stereocenters. The van der Waals surface area contributed by atoms with Gasteiger partial charge < -0.3 is 9.88 Å². The molecule has 1 fully saturated rings. The Morgan fingerprint density at radius 2 is 2.11 bits per heavy atom. The van der Waals surface area contributed by atoms with Crippen LogP contribution in [0.5, 0.6) is 0 Å². The molecule has 94 valence electrons. The maximum atomic E-state index is 4.51. The molecule has 5 heteroatoms. The van der Waals surface area contributed by atoms with Crippen LogP contribution < -0.4 is 5.32 Å². The second-order valence-corrected chi connectivity index (χ2v) is 4.71. The molecule has 3 rings (SSSR count). The van der Waals surface area contributed by atoms with Crippen molar-refractivity contribution in [2.75, 3.05) is 13.1 Å². The van der Waals surface area contributed by atoms with Crippen molar-refractivity contribution in [1.29, 1.82) is 0 Å². The largest absolute Gasteiger partial charge is 0.334 e. The van der Waals surface area contributed by atoms with Crippen molar-refractivity contribution in [3.63, 3.8) is 0 Å². The molecule has 0 aromatic carbocycles. The van der Waals surface area contributed by atoms with Crippen molar-refractivity contribution in [3.05, 3.63) is 30.6 Å². The van der Waals surface area contributed by atoms with Gasteiger partial charge in [-0.15, -0.1) is 0 Å². The third-order valence-corrected chi connectivity index (χ3v) is 3.53. The summed E-state index contributed by atoms with van der Waals surface area (Å²) in [5.41, 5.74) is 2.21. The third-order valence-electron chi connectivity index (χ3n) is 3.53. The fraction of sp³-hybridized carbons (Fsp3) is 0.462. The summed E-state index contributed by atoms with van der Waals surface area (Å²) < 4.78 is 2.02. The van der Waals surface area contributed by atoms with Crippen LogP contribution in [0, 0.1) is 0 Å². The first-order chi connectivity index (χ1) is 8.86. The predicted octanol–water partition coefficient (Wildman–Crippen LogP) is 1.34. The van der Waals surface area contributed by atoms with Crippen LogP contribution in [0.1, 0.15) is 24.5 Å². The minimum atomic E-state index is 0.515. The molecule has 0 bridgehead atoms. The van der Waals surface area contributed by atoms with Crippen LogP contribution >= 0.6 is 0 Å². The molecular formula is C13H17N5. The smallest absolute Gasteiger partial charge is 0.143 e. The standard InChI is InChI=1S/C13H17N5/c1-18-7-6-16-13(18)11-8-15-9-17-12(11)10-2-4-14-5-3-10/h6-10,14H,2-5H2,1H3. The second kappa shape index (κ2) is 4.86. The van der Waals surface area contributed by atoms with Gasteiger partial charge in [-0.3, -0.25) is 0 Å². The van der Waals surface area contributed by atoms with Crippen LogP contribution in [0.2, 0.25) is 0 Å². The molecule has 0 amide bonds. The van der Waals surface area contributed by atoms with Crippen molar-refractivity contribution in [2.24, 2.45) is 7.05 Å². The Balaban J connectivity index is 2.02. The van der Waals surface area contributed by atoms with Gasteiger partial charge in [-0.05, 0) is 25.9 Å². The molecule has 2 aromatic rings. The molecule has 1 aliphatic heterocycles. The predicted molar refractivity (Wildman–Crippen MR) is 69.1 cm³/mol. The van der Waals surface area contributed by atoms with Crippen LogP contribution in [0.25, 0.3) is 11.4 Å². The van der Waals surface area contributed by atoms with E-state index in [1.54, 1.807) is 6.33 Å². The van der Waals surface area contributed by atoms with E-state index in [0.717, 1.165) is 43.0 Å². The van der Waals surface area contributed by atoms with Gasteiger partial charge in [-0.25, -0.2) is 15.0 Å². The average molecular weight is 243 g/mol. The third kappa shape index (κ3) is 2.01. The number of hydrogen-bond acceptors (Lipinski definition) is 4. The molecule has 18 heavy (non-hydrogen) atoms. The molecule has 1 N–H and O–H groups in total. The summed E-state index contributed by atoms with van der Waals surface area (Å²) in [6.45, 7) is 2.13. The SMILES string of the molecule is Cn1ccnc1-c1cncnc1C1CCNCC1. The Morgan fingerprint density at radius 3 is 2.83 bits per heavy atom. The fourth-order valence-corrected chi connectivity index (χ4v) is 2.56. The number of nitrogens with one attached hydrogen (secondary N) is 1. The highest BCUT2D eigenvalue weighted by Crippen LogP contribution is 2.30. The summed E-state index contributed by atoms with van der Waals surface area (Å²) in [7, 11) is 2.00. The summed E-state index contributed by atoms with van der Waals surface area (Å²) in [6.07, 6.45) is 9.56. The molecule has 1 aliphatic rings. The molecule has 0 radical (unpaired) electrons. The molecule has 2 aromatic heterocycles. The lowest BCUT2D eigenvalue weighted by atomic mass is 9.91. The van der Waals surface area contributed by atoms with Gasteiger partial charge in [-0.1, -0.05) is 0 Å². The van der Waals surface area contributed by atoms with Gasteiger partial charge in [0.05, 0.1) is 11.3 Å². The van der Waals surface area contributed by atoms with Crippen LogP contribution in [0.15, 0.2) is 24.9 Å². The van der Waals surface area contributed by atoms with Gasteiger partial charge in [-0.2, -0.15) is 0 Å². The summed E-state index contributed by atoms with van der Waals surface area (Å²) in [4.78, 5) is 13.1. The first kappa shape index (κ1) is 11.3. The zero-order valence-electron chi connectivity index (χ0n) is 10.5. The maximum absolute atomic E-state index is 4.51. The quantitative estimate of drug-likeness (QED) is 0.865. The highest BCUT2D eigenvalue weighted by atomic mass is 15.0. The maximum Gasteiger partial charge on any atom is 0.143 e. The number of nitrogens with zero attached hydrogens (tertiary/aromatic N) is 4. The lowest BCUT2D eigenvalue weighted by Crippen LogP contribution is -2.27. The van der Waals surface area contributed by atoms with Crippen LogP contribution in [-0.2, 0) is 7.05 Å². The summed E-state index contributed by atoms with van der Waals surface area (Å²) >= 11 is 0. The fourth-order valence-electron chi connectivity index (χ4n) is 2.56. The van der Waals surface area contributed by atoms with E-state index in [1.807, 2.05) is 30.2 Å². The van der Waals surface area contributed by atoms with E-state index in [9.17, 15) is 0 Å². The number of aryl methyl sites for hydroxylation is 1. The molecule has 0 spiro atoms. The second-order valence-electron chi connectivity index (χ2n) is 4.71. The van der Waals surface area contributed by atoms with Crippen molar-refractivity contribution < 1.29 is 0 Å². The van der Waals surface area contributed by atoms with E-state index in [2.05, 4.69) is 20.3 Å². The first-order valence-electron chi connectivity index (χ1n) is 6.34. The van der Waals surface area contributed by atoms with E-state index >= 15 is 0 Å². The molecule has 1 saturated heterocycles. The number of aromatic nitrogens is 4. The Kier molecular flexibility index (Phi) is 3.06. The molecule has 5 nitrogen and oxygen atoms in total.